The molecule has 0 fully saturated rings. The first-order chi connectivity index (χ1) is 11.2. The summed E-state index contributed by atoms with van der Waals surface area (Å²) in [4.78, 5) is 16.0. The maximum absolute atomic E-state index is 13.9. The number of benzene rings is 2. The zero-order valence-electron chi connectivity index (χ0n) is 11.9. The minimum Gasteiger partial charge on any atom is -0.313 e. The fourth-order valence-electron chi connectivity index (χ4n) is 1.92. The molecular formula is C18H11FN2OS. The lowest BCUT2D eigenvalue weighted by atomic mass is 10.2. The third-order valence-electron chi connectivity index (χ3n) is 2.99. The summed E-state index contributed by atoms with van der Waals surface area (Å²) in [5.74, 6) is 4.10. The highest BCUT2D eigenvalue weighted by molar-refractivity contribution is 7.13. The summed E-state index contributed by atoms with van der Waals surface area (Å²) in [6.07, 6.45) is 1.67. The van der Waals surface area contributed by atoms with Crippen molar-refractivity contribution in [1.29, 1.82) is 0 Å². The van der Waals surface area contributed by atoms with Crippen molar-refractivity contribution in [3.8, 4) is 22.4 Å². The molecule has 3 aromatic rings. The number of halogens is 1. The van der Waals surface area contributed by atoms with E-state index < -0.39 is 11.7 Å². The van der Waals surface area contributed by atoms with E-state index in [9.17, 15) is 9.18 Å². The molecular weight excluding hydrogens is 311 g/mol. The monoisotopic (exact) mass is 322 g/mol. The molecule has 1 N–H and O–H groups in total. The van der Waals surface area contributed by atoms with Crippen LogP contribution in [0, 0.1) is 17.7 Å². The molecule has 23 heavy (non-hydrogen) atoms. The Morgan fingerprint density at radius 1 is 1.17 bits per heavy atom. The number of anilines is 1. The summed E-state index contributed by atoms with van der Waals surface area (Å²) < 4.78 is 13.9. The van der Waals surface area contributed by atoms with E-state index in [-0.39, 0.29) is 5.69 Å². The molecule has 0 radical (unpaired) electrons. The smallest absolute Gasteiger partial charge is 0.300 e. The molecule has 112 valence electrons. The van der Waals surface area contributed by atoms with Crippen molar-refractivity contribution in [2.45, 2.75) is 0 Å². The topological polar surface area (TPSA) is 42.0 Å². The Bertz CT molecular complexity index is 880. The number of nitrogens with one attached hydrogen (secondary N) is 1. The van der Waals surface area contributed by atoms with Crippen molar-refractivity contribution in [3.05, 3.63) is 71.5 Å². The van der Waals surface area contributed by atoms with E-state index in [4.69, 9.17) is 0 Å². The van der Waals surface area contributed by atoms with Crippen molar-refractivity contribution in [3.63, 3.8) is 0 Å². The lowest BCUT2D eigenvalue weighted by Crippen LogP contribution is -2.10. The van der Waals surface area contributed by atoms with Crippen molar-refractivity contribution in [2.75, 3.05) is 5.32 Å². The summed E-state index contributed by atoms with van der Waals surface area (Å²) in [5.41, 5.74) is 1.55. The Labute approximate surface area is 136 Å². The molecule has 0 aliphatic rings. The van der Waals surface area contributed by atoms with Crippen LogP contribution in [0.15, 0.2) is 60.1 Å². The summed E-state index contributed by atoms with van der Waals surface area (Å²) in [6.45, 7) is 0. The Kier molecular flexibility index (Phi) is 4.46. The molecule has 1 aromatic heterocycles. The van der Waals surface area contributed by atoms with Gasteiger partial charge in [-0.25, -0.2) is 9.37 Å². The van der Waals surface area contributed by atoms with Gasteiger partial charge in [0.2, 0.25) is 0 Å². The third-order valence-corrected chi connectivity index (χ3v) is 3.81. The molecule has 0 bridgehead atoms. The number of nitrogens with zero attached hydrogens (tertiary/aromatic N) is 1. The number of thiazole rings is 1. The van der Waals surface area contributed by atoms with E-state index in [1.807, 2.05) is 23.6 Å². The van der Waals surface area contributed by atoms with Crippen LogP contribution >= 0.6 is 11.3 Å². The number of carbonyl (C=O) groups is 1. The maximum atomic E-state index is 13.9. The average molecular weight is 322 g/mol. The van der Waals surface area contributed by atoms with E-state index in [0.29, 0.717) is 0 Å². The predicted molar refractivity (Wildman–Crippen MR) is 89.5 cm³/mol. The molecule has 3 nitrogen and oxygen atoms in total. The molecule has 1 heterocycles. The van der Waals surface area contributed by atoms with Gasteiger partial charge >= 0.3 is 5.91 Å². The van der Waals surface area contributed by atoms with Crippen molar-refractivity contribution >= 4 is 22.9 Å². The molecule has 0 aliphatic carbocycles. The van der Waals surface area contributed by atoms with E-state index in [1.54, 1.807) is 30.5 Å². The number of rotatable bonds is 2. The zero-order valence-corrected chi connectivity index (χ0v) is 12.7. The minimum absolute atomic E-state index is 0.0880. The van der Waals surface area contributed by atoms with Crippen LogP contribution in [-0.2, 0) is 4.79 Å². The van der Waals surface area contributed by atoms with Gasteiger partial charge in [-0.05, 0) is 30.3 Å². The number of carbonyl (C=O) groups excluding carboxylic acids is 1. The molecule has 0 atom stereocenters. The molecule has 0 saturated carbocycles. The average Bonchev–Trinajstić information content (AvgIpc) is 3.10. The second-order valence-corrected chi connectivity index (χ2v) is 5.50. The molecule has 1 amide bonds. The van der Waals surface area contributed by atoms with Crippen molar-refractivity contribution in [2.24, 2.45) is 0 Å². The Balaban J connectivity index is 1.79. The number of hydrogen-bond acceptors (Lipinski definition) is 3. The molecule has 2 aromatic carbocycles. The van der Waals surface area contributed by atoms with Gasteiger partial charge in [-0.1, -0.05) is 24.1 Å². The van der Waals surface area contributed by atoms with E-state index in [2.05, 4.69) is 22.1 Å². The van der Waals surface area contributed by atoms with Crippen LogP contribution in [0.1, 0.15) is 5.56 Å². The van der Waals surface area contributed by atoms with E-state index >= 15 is 0 Å². The highest BCUT2D eigenvalue weighted by atomic mass is 32.1. The van der Waals surface area contributed by atoms with Crippen molar-refractivity contribution in [1.82, 2.24) is 4.98 Å². The van der Waals surface area contributed by atoms with E-state index in [0.717, 1.165) is 16.1 Å². The van der Waals surface area contributed by atoms with E-state index in [1.165, 1.54) is 17.4 Å². The van der Waals surface area contributed by atoms with Gasteiger partial charge in [-0.3, -0.25) is 4.79 Å². The summed E-state index contributed by atoms with van der Waals surface area (Å²) in [7, 11) is 0. The second-order valence-electron chi connectivity index (χ2n) is 4.60. The lowest BCUT2D eigenvalue weighted by molar-refractivity contribution is -0.111. The van der Waals surface area contributed by atoms with Gasteiger partial charge in [-0.2, -0.15) is 0 Å². The van der Waals surface area contributed by atoms with Crippen LogP contribution in [0.3, 0.4) is 0 Å². The first-order valence-electron chi connectivity index (χ1n) is 6.80. The Hall–Kier alpha value is -2.97. The lowest BCUT2D eigenvalue weighted by Gasteiger charge is -2.05. The molecule has 0 spiro atoms. The normalized spacial score (nSPS) is 9.78. The summed E-state index contributed by atoms with van der Waals surface area (Å²) >= 11 is 1.44. The fourth-order valence-corrected chi connectivity index (χ4v) is 2.56. The highest BCUT2D eigenvalue weighted by Gasteiger charge is 2.08. The van der Waals surface area contributed by atoms with Crippen LogP contribution in [0.4, 0.5) is 10.1 Å². The predicted octanol–water partition coefficient (Wildman–Crippen LogP) is 3.94. The van der Waals surface area contributed by atoms with Crippen LogP contribution in [0.2, 0.25) is 0 Å². The Morgan fingerprint density at radius 3 is 2.74 bits per heavy atom. The molecule has 0 aliphatic heterocycles. The van der Waals surface area contributed by atoms with Gasteiger partial charge in [0.05, 0.1) is 5.69 Å². The summed E-state index contributed by atoms with van der Waals surface area (Å²) in [5, 5.41) is 5.07. The van der Waals surface area contributed by atoms with Gasteiger partial charge < -0.3 is 5.32 Å². The van der Waals surface area contributed by atoms with Gasteiger partial charge in [0.15, 0.2) is 0 Å². The van der Waals surface area contributed by atoms with Crippen LogP contribution < -0.4 is 5.32 Å². The summed E-state index contributed by atoms with van der Waals surface area (Å²) in [6, 6.07) is 13.6. The number of hydrogen-bond donors (Lipinski definition) is 1. The fraction of sp³-hybridized carbons (Fsp3) is 0. The molecule has 5 heteroatoms. The third kappa shape index (κ3) is 3.82. The quantitative estimate of drug-likeness (QED) is 0.726. The molecule has 0 unspecified atom stereocenters. The first kappa shape index (κ1) is 14.9. The van der Waals surface area contributed by atoms with Crippen LogP contribution in [0.25, 0.3) is 10.6 Å². The van der Waals surface area contributed by atoms with Gasteiger partial charge in [0.1, 0.15) is 10.8 Å². The Morgan fingerprint density at radius 2 is 2.00 bits per heavy atom. The van der Waals surface area contributed by atoms with Gasteiger partial charge in [0, 0.05) is 28.6 Å². The highest BCUT2D eigenvalue weighted by Crippen LogP contribution is 2.26. The maximum Gasteiger partial charge on any atom is 0.300 e. The number of aromatic nitrogens is 1. The van der Waals surface area contributed by atoms with Gasteiger partial charge in [0.25, 0.3) is 0 Å². The van der Waals surface area contributed by atoms with Crippen LogP contribution in [0.5, 0.6) is 0 Å². The standard InChI is InChI=1S/C18H11FN2OS/c19-15-8-7-14(18-20-10-11-23-18)12-16(15)21-17(22)9-6-13-4-2-1-3-5-13/h1-5,7-8,10-12H,(H,21,22). The SMILES string of the molecule is O=C(C#Cc1ccccc1)Nc1cc(-c2nccs2)ccc1F. The van der Waals surface area contributed by atoms with Crippen LogP contribution in [-0.4, -0.2) is 10.9 Å². The molecule has 3 rings (SSSR count). The number of amides is 1. The zero-order chi connectivity index (χ0) is 16.1. The largest absolute Gasteiger partial charge is 0.313 e. The van der Waals surface area contributed by atoms with Gasteiger partial charge in [-0.15, -0.1) is 11.3 Å². The molecule has 0 saturated heterocycles. The minimum atomic E-state index is -0.566. The van der Waals surface area contributed by atoms with Crippen molar-refractivity contribution < 1.29 is 9.18 Å². The first-order valence-corrected chi connectivity index (χ1v) is 7.68. The second kappa shape index (κ2) is 6.86.